The number of hydrogen-bond acceptors (Lipinski definition) is 7. The summed E-state index contributed by atoms with van der Waals surface area (Å²) in [5.74, 6) is -2.40. The lowest BCUT2D eigenvalue weighted by molar-refractivity contribution is -0.166. The van der Waals surface area contributed by atoms with E-state index < -0.39 is 47.7 Å². The maximum absolute atomic E-state index is 14.0. The van der Waals surface area contributed by atoms with Crippen LogP contribution in [0, 0.1) is 29.6 Å². The molecule has 1 unspecified atom stereocenters. The first-order valence-electron chi connectivity index (χ1n) is 12.9. The summed E-state index contributed by atoms with van der Waals surface area (Å²) in [6.45, 7) is 7.83. The van der Waals surface area contributed by atoms with Crippen molar-refractivity contribution in [1.82, 2.24) is 4.98 Å². The molecule has 10 atom stereocenters. The van der Waals surface area contributed by atoms with Crippen LogP contribution < -0.4 is 0 Å². The number of aromatic nitrogens is 1. The molecule has 1 saturated heterocycles. The van der Waals surface area contributed by atoms with E-state index in [1.807, 2.05) is 33.8 Å². The lowest BCUT2D eigenvalue weighted by Gasteiger charge is -2.45. The van der Waals surface area contributed by atoms with Gasteiger partial charge in [-0.1, -0.05) is 39.0 Å². The highest BCUT2D eigenvalue weighted by Gasteiger charge is 2.69. The molecule has 8 heteroatoms. The monoisotopic (exact) mass is 497 g/mol. The van der Waals surface area contributed by atoms with Gasteiger partial charge >= 0.3 is 11.9 Å². The summed E-state index contributed by atoms with van der Waals surface area (Å²) in [6, 6.07) is 3.37. The number of ketones is 1. The zero-order valence-corrected chi connectivity index (χ0v) is 21.4. The van der Waals surface area contributed by atoms with Crippen molar-refractivity contribution < 1.29 is 33.3 Å². The molecule has 4 aliphatic rings. The van der Waals surface area contributed by atoms with E-state index in [9.17, 15) is 14.4 Å². The fraction of sp³-hybridized carbons (Fsp3) is 0.607. The molecular weight excluding hydrogens is 462 g/mol. The highest BCUT2D eigenvalue weighted by Crippen LogP contribution is 2.60. The molecule has 8 nitrogen and oxygen atoms in total. The molecule has 1 aromatic rings. The maximum Gasteiger partial charge on any atom is 0.355 e. The van der Waals surface area contributed by atoms with Crippen molar-refractivity contribution in [2.45, 2.75) is 70.6 Å². The quantitative estimate of drug-likeness (QED) is 0.500. The number of ether oxygens (including phenoxy) is 4. The van der Waals surface area contributed by atoms with Gasteiger partial charge in [-0.25, -0.2) is 9.59 Å². The third-order valence-corrected chi connectivity index (χ3v) is 8.71. The van der Waals surface area contributed by atoms with Gasteiger partial charge in [0, 0.05) is 31.1 Å². The molecule has 2 fully saturated rings. The number of rotatable bonds is 4. The van der Waals surface area contributed by atoms with Crippen LogP contribution in [-0.2, 0) is 28.5 Å². The Bertz CT molecular complexity index is 1090. The Morgan fingerprint density at radius 3 is 2.69 bits per heavy atom. The number of methoxy groups -OCH3 is 1. The Balaban J connectivity index is 1.58. The number of aromatic amines is 1. The van der Waals surface area contributed by atoms with E-state index in [1.165, 1.54) is 7.11 Å². The van der Waals surface area contributed by atoms with Gasteiger partial charge in [-0.3, -0.25) is 4.79 Å². The second-order valence-electron chi connectivity index (χ2n) is 10.6. The molecule has 0 amide bonds. The van der Waals surface area contributed by atoms with Gasteiger partial charge in [0.1, 0.15) is 35.4 Å². The van der Waals surface area contributed by atoms with E-state index in [2.05, 4.69) is 17.1 Å². The highest BCUT2D eigenvalue weighted by molar-refractivity contribution is 5.91. The molecule has 36 heavy (non-hydrogen) atoms. The van der Waals surface area contributed by atoms with Crippen LogP contribution in [0.25, 0.3) is 0 Å². The van der Waals surface area contributed by atoms with Gasteiger partial charge in [0.25, 0.3) is 0 Å². The number of nitrogens with one attached hydrogen (secondary N) is 1. The summed E-state index contributed by atoms with van der Waals surface area (Å²) < 4.78 is 24.2. The molecule has 1 spiro atoms. The first kappa shape index (κ1) is 25.0. The predicted molar refractivity (Wildman–Crippen MR) is 130 cm³/mol. The molecule has 0 aromatic carbocycles. The van der Waals surface area contributed by atoms with Crippen molar-refractivity contribution >= 4 is 17.7 Å². The van der Waals surface area contributed by atoms with Gasteiger partial charge in [-0.2, -0.15) is 0 Å². The van der Waals surface area contributed by atoms with Gasteiger partial charge in [-0.05, 0) is 37.5 Å². The molecule has 1 N–H and O–H groups in total. The molecule has 2 aliphatic heterocycles. The van der Waals surface area contributed by atoms with E-state index in [4.69, 9.17) is 18.9 Å². The highest BCUT2D eigenvalue weighted by atomic mass is 16.6. The van der Waals surface area contributed by atoms with E-state index in [1.54, 1.807) is 18.3 Å². The van der Waals surface area contributed by atoms with Gasteiger partial charge in [0.05, 0.1) is 11.8 Å². The number of carbonyl (C=O) groups excluding carboxylic acids is 3. The van der Waals surface area contributed by atoms with Crippen LogP contribution >= 0.6 is 0 Å². The Kier molecular flexibility index (Phi) is 6.45. The van der Waals surface area contributed by atoms with Crippen LogP contribution in [0.4, 0.5) is 0 Å². The third-order valence-electron chi connectivity index (χ3n) is 8.71. The molecule has 3 heterocycles. The van der Waals surface area contributed by atoms with Gasteiger partial charge in [0.15, 0.2) is 6.10 Å². The van der Waals surface area contributed by atoms with Crippen LogP contribution in [0.1, 0.15) is 51.0 Å². The number of esters is 2. The number of carbonyl (C=O) groups is 3. The van der Waals surface area contributed by atoms with Crippen molar-refractivity contribution in [3.8, 4) is 0 Å². The lowest BCUT2D eigenvalue weighted by Crippen LogP contribution is -2.55. The zero-order chi connectivity index (χ0) is 25.8. The minimum atomic E-state index is -0.941. The van der Waals surface area contributed by atoms with Crippen molar-refractivity contribution in [1.29, 1.82) is 0 Å². The average molecular weight is 498 g/mol. The summed E-state index contributed by atoms with van der Waals surface area (Å²) in [7, 11) is 1.50. The molecule has 1 saturated carbocycles. The summed E-state index contributed by atoms with van der Waals surface area (Å²) in [5.41, 5.74) is 0.342. The Hall–Kier alpha value is -2.71. The van der Waals surface area contributed by atoms with Crippen LogP contribution in [-0.4, -0.2) is 59.8 Å². The minimum absolute atomic E-state index is 0.0217. The van der Waals surface area contributed by atoms with Gasteiger partial charge in [-0.15, -0.1) is 0 Å². The number of cyclic esters (lactones) is 1. The van der Waals surface area contributed by atoms with Crippen LogP contribution in [0.2, 0.25) is 0 Å². The summed E-state index contributed by atoms with van der Waals surface area (Å²) >= 11 is 0. The largest absolute Gasteiger partial charge is 0.460 e. The third kappa shape index (κ3) is 3.68. The zero-order valence-electron chi connectivity index (χ0n) is 21.4. The molecule has 5 rings (SSSR count). The van der Waals surface area contributed by atoms with Crippen molar-refractivity contribution in [3.05, 3.63) is 47.8 Å². The number of H-pyrrole nitrogens is 1. The average Bonchev–Trinajstić information content (AvgIpc) is 3.46. The standard InChI is InChI=1S/C28H35NO7/c1-6-20-14(2)12-15(3)28-17(13-21(33-5)27(32)34-20)9-10-18-22(28)23(30)16(4)24(25(18)36-28)35-26(31)19-8-7-11-29-19/h7-12,14,16-18,20-22,24-25,29H,6,13H2,1-5H3/b15-12+/t14-,16-,17-,18-,20-,21?,22+,24-,25-,28+/m1/s1. The first-order valence-corrected chi connectivity index (χ1v) is 12.9. The van der Waals surface area contributed by atoms with Gasteiger partial charge < -0.3 is 23.9 Å². The molecule has 0 radical (unpaired) electrons. The minimum Gasteiger partial charge on any atom is -0.460 e. The molecule has 2 aliphatic carbocycles. The second kappa shape index (κ2) is 9.30. The lowest BCUT2D eigenvalue weighted by atomic mass is 9.58. The smallest absolute Gasteiger partial charge is 0.355 e. The molecular formula is C28H35NO7. The van der Waals surface area contributed by atoms with Gasteiger partial charge in [0.2, 0.25) is 0 Å². The Morgan fingerprint density at radius 1 is 1.25 bits per heavy atom. The SMILES string of the molecule is CC[C@H]1OC(=O)C(OC)C[C@H]2C=C[C@H]3[C@H]4O[C@]2(/C(C)=C/[C@H]1C)[C@@H]3C(=O)[C@@H](C)[C@H]4OC(=O)c1ccc[nH]1. The Labute approximate surface area is 211 Å². The van der Waals surface area contributed by atoms with Crippen molar-refractivity contribution in [2.75, 3.05) is 7.11 Å². The molecule has 1 aromatic heterocycles. The first-order chi connectivity index (χ1) is 17.2. The van der Waals surface area contributed by atoms with Crippen molar-refractivity contribution in [2.24, 2.45) is 29.6 Å². The summed E-state index contributed by atoms with van der Waals surface area (Å²) in [4.78, 5) is 42.7. The van der Waals surface area contributed by atoms with E-state index in [0.29, 0.717) is 18.5 Å². The summed E-state index contributed by atoms with van der Waals surface area (Å²) in [5, 5.41) is 0. The number of Topliss-reactive ketones (excluding diaryl/α,β-unsaturated/α-hetero) is 1. The fourth-order valence-electron chi connectivity index (χ4n) is 6.85. The van der Waals surface area contributed by atoms with Crippen LogP contribution in [0.3, 0.4) is 0 Å². The van der Waals surface area contributed by atoms with E-state index in [0.717, 1.165) is 5.57 Å². The Morgan fingerprint density at radius 2 is 2.03 bits per heavy atom. The molecule has 194 valence electrons. The second-order valence-corrected chi connectivity index (χ2v) is 10.6. The predicted octanol–water partition coefficient (Wildman–Crippen LogP) is 3.64. The van der Waals surface area contributed by atoms with E-state index in [-0.39, 0.29) is 29.6 Å². The normalized spacial score (nSPS) is 43.2. The maximum atomic E-state index is 14.0. The topological polar surface area (TPSA) is 104 Å². The van der Waals surface area contributed by atoms with Crippen LogP contribution in [0.15, 0.2) is 42.1 Å². The number of hydrogen-bond donors (Lipinski definition) is 1. The van der Waals surface area contributed by atoms with Crippen LogP contribution in [0.5, 0.6) is 0 Å². The summed E-state index contributed by atoms with van der Waals surface area (Å²) in [6.07, 6.45) is 6.52. The van der Waals surface area contributed by atoms with Crippen molar-refractivity contribution in [3.63, 3.8) is 0 Å². The fourth-order valence-corrected chi connectivity index (χ4v) is 6.85. The molecule has 4 bridgehead atoms. The van der Waals surface area contributed by atoms with E-state index >= 15 is 0 Å².